The molecule has 0 radical (unpaired) electrons. The largest absolute Gasteiger partial charge is 0.416 e. The zero-order valence-electron chi connectivity index (χ0n) is 20.4. The molecule has 6 nitrogen and oxygen atoms in total. The molecule has 4 atom stereocenters. The third kappa shape index (κ3) is 4.82. The number of anilines is 1. The number of nitrogens with one attached hydrogen (secondary N) is 1. The van der Waals surface area contributed by atoms with Crippen molar-refractivity contribution in [2.75, 3.05) is 30.9 Å². The SMILES string of the molecule is COC1Cn2c(=O)nc(N3CC(C)NC(C)C3)c3cc(C(F)(F)F)cc(c32)[SH](c2ccc(F)cc2F)C1. The predicted molar refractivity (Wildman–Crippen MR) is 133 cm³/mol. The van der Waals surface area contributed by atoms with Crippen LogP contribution in [0.3, 0.4) is 0 Å². The lowest BCUT2D eigenvalue weighted by atomic mass is 10.1. The summed E-state index contributed by atoms with van der Waals surface area (Å²) < 4.78 is 78.2. The van der Waals surface area contributed by atoms with E-state index in [0.29, 0.717) is 13.1 Å². The monoisotopic (exact) mass is 542 g/mol. The highest BCUT2D eigenvalue weighted by Gasteiger charge is 2.36. The van der Waals surface area contributed by atoms with Gasteiger partial charge < -0.3 is 15.0 Å². The second kappa shape index (κ2) is 9.55. The van der Waals surface area contributed by atoms with Crippen molar-refractivity contribution in [2.24, 2.45) is 0 Å². The van der Waals surface area contributed by atoms with Crippen molar-refractivity contribution in [3.8, 4) is 0 Å². The lowest BCUT2D eigenvalue weighted by molar-refractivity contribution is -0.137. The molecule has 2 aromatic carbocycles. The van der Waals surface area contributed by atoms with Gasteiger partial charge in [-0.15, -0.1) is 0 Å². The molecule has 0 spiro atoms. The smallest absolute Gasteiger partial charge is 0.379 e. The van der Waals surface area contributed by atoms with E-state index in [1.807, 2.05) is 18.7 Å². The van der Waals surface area contributed by atoms with Crippen LogP contribution in [0.5, 0.6) is 0 Å². The number of alkyl halides is 3. The third-order valence-corrected chi connectivity index (χ3v) is 9.45. The number of hydrogen-bond acceptors (Lipinski definition) is 5. The molecule has 2 aliphatic rings. The van der Waals surface area contributed by atoms with E-state index < -0.39 is 46.1 Å². The van der Waals surface area contributed by atoms with Gasteiger partial charge in [0.1, 0.15) is 17.5 Å². The zero-order valence-corrected chi connectivity index (χ0v) is 21.3. The molecule has 1 fully saturated rings. The Morgan fingerprint density at radius 1 is 1.05 bits per heavy atom. The normalized spacial score (nSPS) is 25.4. The fraction of sp³-hybridized carbons (Fsp3) is 0.440. The molecule has 0 amide bonds. The van der Waals surface area contributed by atoms with Crippen molar-refractivity contribution in [1.29, 1.82) is 0 Å². The number of methoxy groups -OCH3 is 1. The summed E-state index contributed by atoms with van der Waals surface area (Å²) in [5.74, 6) is -1.30. The van der Waals surface area contributed by atoms with Gasteiger partial charge >= 0.3 is 11.9 Å². The molecule has 3 heterocycles. The molecule has 1 N–H and O–H groups in total. The quantitative estimate of drug-likeness (QED) is 0.381. The van der Waals surface area contributed by atoms with Crippen LogP contribution in [0, 0.1) is 11.6 Å². The maximum absolute atomic E-state index is 15.0. The number of hydrogen-bond donors (Lipinski definition) is 2. The van der Waals surface area contributed by atoms with Crippen LogP contribution in [0.2, 0.25) is 0 Å². The standard InChI is InChI=1S/C25H27F5N4O2S/c1-13-9-33(10-14(2)31-13)23-18-6-15(25(28,29)30)7-21-22(18)34(24(35)32-23)11-17(36-3)12-37(21)20-5-4-16(26)8-19(20)27/h4-8,13-14,17,31,37H,9-12H2,1-3H3. The summed E-state index contributed by atoms with van der Waals surface area (Å²) in [5, 5.41) is 3.54. The molecule has 12 heteroatoms. The van der Waals surface area contributed by atoms with E-state index in [1.54, 1.807) is 0 Å². The summed E-state index contributed by atoms with van der Waals surface area (Å²) in [6.45, 7) is 4.85. The first-order valence-corrected chi connectivity index (χ1v) is 13.4. The zero-order chi connectivity index (χ0) is 26.6. The van der Waals surface area contributed by atoms with Crippen molar-refractivity contribution in [1.82, 2.24) is 14.9 Å². The highest BCUT2D eigenvalue weighted by Crippen LogP contribution is 2.52. The Hall–Kier alpha value is -2.70. The van der Waals surface area contributed by atoms with E-state index in [4.69, 9.17) is 4.74 Å². The number of piperazine rings is 1. The average molecular weight is 543 g/mol. The number of rotatable bonds is 3. The van der Waals surface area contributed by atoms with Gasteiger partial charge in [0, 0.05) is 59.3 Å². The number of benzene rings is 2. The fourth-order valence-electron chi connectivity index (χ4n) is 5.30. The molecule has 37 heavy (non-hydrogen) atoms. The van der Waals surface area contributed by atoms with Gasteiger partial charge in [-0.3, -0.25) is 4.57 Å². The van der Waals surface area contributed by atoms with E-state index in [9.17, 15) is 22.4 Å². The number of nitrogens with zero attached hydrogens (tertiary/aromatic N) is 3. The highest BCUT2D eigenvalue weighted by atomic mass is 32.2. The Labute approximate surface area is 212 Å². The van der Waals surface area contributed by atoms with Gasteiger partial charge in [0.2, 0.25) is 0 Å². The Morgan fingerprint density at radius 2 is 1.76 bits per heavy atom. The van der Waals surface area contributed by atoms with E-state index >= 15 is 4.39 Å². The minimum Gasteiger partial charge on any atom is -0.379 e. The van der Waals surface area contributed by atoms with Crippen LogP contribution in [0.25, 0.3) is 10.9 Å². The summed E-state index contributed by atoms with van der Waals surface area (Å²) in [6.07, 6.45) is -5.28. The summed E-state index contributed by atoms with van der Waals surface area (Å²) in [7, 11) is -0.351. The predicted octanol–water partition coefficient (Wildman–Crippen LogP) is 4.33. The molecule has 1 aromatic heterocycles. The molecular formula is C25H27F5N4O2S. The van der Waals surface area contributed by atoms with Crippen molar-refractivity contribution < 1.29 is 26.7 Å². The Bertz CT molecular complexity index is 1400. The van der Waals surface area contributed by atoms with E-state index in [0.717, 1.165) is 24.3 Å². The average Bonchev–Trinajstić information content (AvgIpc) is 2.98. The van der Waals surface area contributed by atoms with Crippen LogP contribution >= 0.6 is 10.9 Å². The molecule has 0 bridgehead atoms. The molecule has 200 valence electrons. The lowest BCUT2D eigenvalue weighted by Gasteiger charge is -2.37. The minimum absolute atomic E-state index is 0.0206. The third-order valence-electron chi connectivity index (χ3n) is 6.81. The second-order valence-corrected chi connectivity index (χ2v) is 11.8. The Kier molecular flexibility index (Phi) is 6.70. The molecule has 5 rings (SSSR count). The van der Waals surface area contributed by atoms with Crippen molar-refractivity contribution >= 4 is 27.6 Å². The number of aromatic nitrogens is 2. The Morgan fingerprint density at radius 3 is 2.38 bits per heavy atom. The molecule has 2 aliphatic heterocycles. The maximum atomic E-state index is 15.0. The molecule has 1 saturated heterocycles. The lowest BCUT2D eigenvalue weighted by Crippen LogP contribution is -2.55. The van der Waals surface area contributed by atoms with E-state index in [1.165, 1.54) is 17.7 Å². The fourth-order valence-corrected chi connectivity index (χ4v) is 7.99. The first kappa shape index (κ1) is 25.9. The number of halogens is 5. The highest BCUT2D eigenvalue weighted by molar-refractivity contribution is 8.17. The van der Waals surface area contributed by atoms with Crippen LogP contribution in [0.1, 0.15) is 19.4 Å². The van der Waals surface area contributed by atoms with Crippen LogP contribution in [0.15, 0.2) is 44.9 Å². The summed E-state index contributed by atoms with van der Waals surface area (Å²) >= 11 is 0. The van der Waals surface area contributed by atoms with Crippen LogP contribution in [-0.4, -0.2) is 53.7 Å². The second-order valence-electron chi connectivity index (χ2n) is 9.66. The van der Waals surface area contributed by atoms with Gasteiger partial charge in [-0.05, 0) is 38.1 Å². The minimum atomic E-state index is -4.69. The van der Waals surface area contributed by atoms with Crippen molar-refractivity contribution in [3.63, 3.8) is 0 Å². The Balaban J connectivity index is 1.86. The summed E-state index contributed by atoms with van der Waals surface area (Å²) in [5.41, 5.74) is -1.23. The summed E-state index contributed by atoms with van der Waals surface area (Å²) in [4.78, 5) is 19.7. The van der Waals surface area contributed by atoms with Gasteiger partial charge in [-0.2, -0.15) is 29.1 Å². The number of ether oxygens (including phenoxy) is 1. The van der Waals surface area contributed by atoms with Gasteiger partial charge in [0.05, 0.1) is 23.7 Å². The van der Waals surface area contributed by atoms with Gasteiger partial charge in [0.15, 0.2) is 0 Å². The van der Waals surface area contributed by atoms with Crippen LogP contribution in [0.4, 0.5) is 27.8 Å². The van der Waals surface area contributed by atoms with Gasteiger partial charge in [-0.1, -0.05) is 0 Å². The number of thiol groups is 1. The summed E-state index contributed by atoms with van der Waals surface area (Å²) in [6, 6.07) is 5.15. The molecular weight excluding hydrogens is 515 g/mol. The maximum Gasteiger partial charge on any atom is 0.416 e. The molecule has 4 unspecified atom stereocenters. The van der Waals surface area contributed by atoms with Crippen molar-refractivity contribution in [2.45, 2.75) is 54.5 Å². The van der Waals surface area contributed by atoms with E-state index in [2.05, 4.69) is 10.3 Å². The molecule has 0 saturated carbocycles. The van der Waals surface area contributed by atoms with Gasteiger partial charge in [-0.25, -0.2) is 13.6 Å². The van der Waals surface area contributed by atoms with Crippen LogP contribution < -0.4 is 15.9 Å². The molecule has 3 aromatic rings. The van der Waals surface area contributed by atoms with E-state index in [-0.39, 0.29) is 50.9 Å². The first-order chi connectivity index (χ1) is 17.5. The van der Waals surface area contributed by atoms with Crippen molar-refractivity contribution in [3.05, 3.63) is 58.0 Å². The molecule has 0 aliphatic carbocycles. The van der Waals surface area contributed by atoms with Gasteiger partial charge in [0.25, 0.3) is 0 Å². The topological polar surface area (TPSA) is 59.4 Å². The first-order valence-electron chi connectivity index (χ1n) is 11.9. The van der Waals surface area contributed by atoms with Crippen LogP contribution in [-0.2, 0) is 17.5 Å².